The van der Waals surface area contributed by atoms with Crippen molar-refractivity contribution in [3.63, 3.8) is 0 Å². The van der Waals surface area contributed by atoms with Gasteiger partial charge in [-0.1, -0.05) is 13.8 Å². The van der Waals surface area contributed by atoms with Crippen molar-refractivity contribution in [2.45, 2.75) is 77.0 Å². The monoisotopic (exact) mass is 340 g/mol. The summed E-state index contributed by atoms with van der Waals surface area (Å²) in [6.45, 7) is 6.22. The van der Waals surface area contributed by atoms with Crippen LogP contribution < -0.4 is 10.6 Å². The highest BCUT2D eigenvalue weighted by Gasteiger charge is 2.23. The van der Waals surface area contributed by atoms with Crippen molar-refractivity contribution >= 4 is 11.8 Å². The lowest BCUT2D eigenvalue weighted by Gasteiger charge is -2.22. The van der Waals surface area contributed by atoms with Crippen molar-refractivity contribution in [2.75, 3.05) is 19.8 Å². The fourth-order valence-electron chi connectivity index (χ4n) is 3.38. The van der Waals surface area contributed by atoms with Crippen LogP contribution in [0.15, 0.2) is 0 Å². The number of hydrogen-bond donors (Lipinski definition) is 2. The molecule has 3 atom stereocenters. The van der Waals surface area contributed by atoms with Gasteiger partial charge in [0.2, 0.25) is 11.8 Å². The van der Waals surface area contributed by atoms with E-state index in [0.29, 0.717) is 25.3 Å². The van der Waals surface area contributed by atoms with E-state index in [0.717, 1.165) is 45.3 Å². The summed E-state index contributed by atoms with van der Waals surface area (Å²) in [4.78, 5) is 24.2. The predicted octanol–water partition coefficient (Wildman–Crippen LogP) is 1.77. The maximum atomic E-state index is 12.2. The Hall–Kier alpha value is -1.14. The zero-order valence-electron chi connectivity index (χ0n) is 15.0. The minimum Gasteiger partial charge on any atom is -0.378 e. The van der Waals surface area contributed by atoms with Crippen molar-refractivity contribution < 1.29 is 19.1 Å². The first kappa shape index (κ1) is 19.2. The van der Waals surface area contributed by atoms with Gasteiger partial charge in [0, 0.05) is 25.8 Å². The van der Waals surface area contributed by atoms with Crippen molar-refractivity contribution in [3.05, 3.63) is 0 Å². The molecule has 0 aromatic rings. The summed E-state index contributed by atoms with van der Waals surface area (Å²) in [5.74, 6) is 0.470. The summed E-state index contributed by atoms with van der Waals surface area (Å²) in [5, 5.41) is 6.01. The molecule has 2 heterocycles. The molecular weight excluding hydrogens is 308 g/mol. The topological polar surface area (TPSA) is 76.7 Å². The molecule has 6 nitrogen and oxygen atoms in total. The fourth-order valence-corrected chi connectivity index (χ4v) is 3.38. The Bertz CT molecular complexity index is 402. The Morgan fingerprint density at radius 1 is 1.00 bits per heavy atom. The molecular formula is C18H32N2O4. The van der Waals surface area contributed by atoms with Crippen molar-refractivity contribution in [1.82, 2.24) is 10.6 Å². The molecule has 2 N–H and O–H groups in total. The number of amides is 2. The van der Waals surface area contributed by atoms with Crippen LogP contribution >= 0.6 is 0 Å². The number of carbonyl (C=O) groups is 2. The van der Waals surface area contributed by atoms with Crippen LogP contribution in [0.25, 0.3) is 0 Å². The van der Waals surface area contributed by atoms with E-state index in [1.54, 1.807) is 0 Å². The van der Waals surface area contributed by atoms with Crippen molar-refractivity contribution in [3.8, 4) is 0 Å². The van der Waals surface area contributed by atoms with Crippen LogP contribution in [0.4, 0.5) is 0 Å². The average molecular weight is 340 g/mol. The minimum atomic E-state index is -0.0349. The molecule has 2 fully saturated rings. The predicted molar refractivity (Wildman–Crippen MR) is 91.6 cm³/mol. The largest absolute Gasteiger partial charge is 0.378 e. The molecule has 0 bridgehead atoms. The van der Waals surface area contributed by atoms with E-state index in [-0.39, 0.29) is 30.1 Å². The quantitative estimate of drug-likeness (QED) is 0.671. The molecule has 0 spiro atoms. The van der Waals surface area contributed by atoms with Crippen LogP contribution in [0.1, 0.15) is 58.8 Å². The van der Waals surface area contributed by atoms with Crippen LogP contribution in [-0.4, -0.2) is 49.8 Å². The van der Waals surface area contributed by atoms with Crippen molar-refractivity contribution in [2.24, 2.45) is 5.92 Å². The zero-order chi connectivity index (χ0) is 17.4. The molecule has 2 aliphatic heterocycles. The molecule has 2 aliphatic rings. The first-order valence-corrected chi connectivity index (χ1v) is 9.32. The lowest BCUT2D eigenvalue weighted by Crippen LogP contribution is -2.45. The molecule has 0 unspecified atom stereocenters. The Morgan fingerprint density at radius 2 is 1.58 bits per heavy atom. The average Bonchev–Trinajstić information content (AvgIpc) is 3.18. The smallest absolute Gasteiger partial charge is 0.222 e. The van der Waals surface area contributed by atoms with Crippen LogP contribution in [0.2, 0.25) is 0 Å². The highest BCUT2D eigenvalue weighted by molar-refractivity contribution is 5.78. The third-order valence-electron chi connectivity index (χ3n) is 4.54. The molecule has 0 radical (unpaired) electrons. The summed E-state index contributed by atoms with van der Waals surface area (Å²) < 4.78 is 11.0. The van der Waals surface area contributed by atoms with E-state index in [1.165, 1.54) is 0 Å². The van der Waals surface area contributed by atoms with Crippen molar-refractivity contribution in [1.29, 1.82) is 0 Å². The molecule has 24 heavy (non-hydrogen) atoms. The highest BCUT2D eigenvalue weighted by atomic mass is 16.5. The summed E-state index contributed by atoms with van der Waals surface area (Å²) in [7, 11) is 0. The van der Waals surface area contributed by atoms with Gasteiger partial charge in [-0.25, -0.2) is 0 Å². The first-order chi connectivity index (χ1) is 11.5. The maximum absolute atomic E-state index is 12.2. The highest BCUT2D eigenvalue weighted by Crippen LogP contribution is 2.16. The third kappa shape index (κ3) is 7.18. The number of hydrogen-bond acceptors (Lipinski definition) is 4. The van der Waals surface area contributed by atoms with E-state index in [4.69, 9.17) is 9.47 Å². The van der Waals surface area contributed by atoms with E-state index in [1.807, 2.05) is 0 Å². The minimum absolute atomic E-state index is 0.00373. The normalized spacial score (nSPS) is 25.0. The Labute approximate surface area is 145 Å². The number of rotatable bonds is 9. The Morgan fingerprint density at radius 3 is 2.08 bits per heavy atom. The molecule has 138 valence electrons. The van der Waals surface area contributed by atoms with Gasteiger partial charge in [-0.15, -0.1) is 0 Å². The Balaban J connectivity index is 1.72. The van der Waals surface area contributed by atoms with E-state index in [9.17, 15) is 9.59 Å². The van der Waals surface area contributed by atoms with Gasteiger partial charge in [-0.05, 0) is 38.0 Å². The standard InChI is InChI=1S/C18H32N2O4/c1-13(2)9-14(20-18(22)11-16-6-4-8-24-16)12-19-17(21)10-15-5-3-7-23-15/h13-16H,3-12H2,1-2H3,(H,19,21)(H,20,22)/t14-,15+,16+/m1/s1. The molecule has 0 saturated carbocycles. The second-order valence-corrected chi connectivity index (χ2v) is 7.38. The van der Waals surface area contributed by atoms with E-state index >= 15 is 0 Å². The fraction of sp³-hybridized carbons (Fsp3) is 0.889. The second kappa shape index (κ2) is 9.99. The molecule has 2 rings (SSSR count). The summed E-state index contributed by atoms with van der Waals surface area (Å²) in [6, 6.07) is -0.0349. The molecule has 0 aromatic carbocycles. The molecule has 2 saturated heterocycles. The van der Waals surface area contributed by atoms with E-state index in [2.05, 4.69) is 24.5 Å². The van der Waals surface area contributed by atoms with Gasteiger partial charge in [0.05, 0.1) is 25.0 Å². The SMILES string of the molecule is CC(C)C[C@H](CNC(=O)C[C@@H]1CCCO1)NC(=O)C[C@@H]1CCCO1. The van der Waals surface area contributed by atoms with Crippen LogP contribution in [0, 0.1) is 5.92 Å². The van der Waals surface area contributed by atoms with Gasteiger partial charge in [-0.3, -0.25) is 9.59 Å². The van der Waals surface area contributed by atoms with Crippen LogP contribution in [0.5, 0.6) is 0 Å². The molecule has 2 amide bonds. The van der Waals surface area contributed by atoms with Gasteiger partial charge in [0.15, 0.2) is 0 Å². The Kier molecular flexibility index (Phi) is 7.99. The molecule has 0 aliphatic carbocycles. The summed E-state index contributed by atoms with van der Waals surface area (Å²) >= 11 is 0. The summed E-state index contributed by atoms with van der Waals surface area (Å²) in [6.07, 6.45) is 5.77. The summed E-state index contributed by atoms with van der Waals surface area (Å²) in [5.41, 5.74) is 0. The van der Waals surface area contributed by atoms with Gasteiger partial charge >= 0.3 is 0 Å². The number of ether oxygens (including phenoxy) is 2. The first-order valence-electron chi connectivity index (χ1n) is 9.32. The second-order valence-electron chi connectivity index (χ2n) is 7.38. The third-order valence-corrected chi connectivity index (χ3v) is 4.54. The van der Waals surface area contributed by atoms with Gasteiger partial charge in [0.1, 0.15) is 0 Å². The number of nitrogens with one attached hydrogen (secondary N) is 2. The van der Waals surface area contributed by atoms with E-state index < -0.39 is 0 Å². The van der Waals surface area contributed by atoms with Crippen LogP contribution in [-0.2, 0) is 19.1 Å². The van der Waals surface area contributed by atoms with Gasteiger partial charge in [-0.2, -0.15) is 0 Å². The van der Waals surface area contributed by atoms with Gasteiger partial charge in [0.25, 0.3) is 0 Å². The molecule has 6 heteroatoms. The van der Waals surface area contributed by atoms with Gasteiger partial charge < -0.3 is 20.1 Å². The van der Waals surface area contributed by atoms with Crippen LogP contribution in [0.3, 0.4) is 0 Å². The lowest BCUT2D eigenvalue weighted by atomic mass is 10.0. The lowest BCUT2D eigenvalue weighted by molar-refractivity contribution is -0.126. The maximum Gasteiger partial charge on any atom is 0.222 e. The molecule has 0 aromatic heterocycles. The zero-order valence-corrected chi connectivity index (χ0v) is 15.0. The number of carbonyl (C=O) groups excluding carboxylic acids is 2.